The van der Waals surface area contributed by atoms with Crippen molar-refractivity contribution in [2.45, 2.75) is 6.42 Å². The van der Waals surface area contributed by atoms with Gasteiger partial charge >= 0.3 is 11.9 Å². The number of hydrogen-bond donors (Lipinski definition) is 3. The fraction of sp³-hybridized carbons (Fsp3) is 0.0909. The van der Waals surface area contributed by atoms with Crippen molar-refractivity contribution in [3.05, 3.63) is 29.3 Å². The molecular weight excluding hydrogens is 254 g/mol. The lowest BCUT2D eigenvalue weighted by molar-refractivity contribution is -0.116. The lowest BCUT2D eigenvalue weighted by Crippen LogP contribution is -2.20. The van der Waals surface area contributed by atoms with Crippen molar-refractivity contribution in [1.82, 2.24) is 0 Å². The third-order valence-corrected chi connectivity index (χ3v) is 2.45. The van der Waals surface area contributed by atoms with Gasteiger partial charge in [0.25, 0.3) is 5.91 Å². The molecule has 0 bridgehead atoms. The summed E-state index contributed by atoms with van der Waals surface area (Å²) in [7, 11) is 0. The molecule has 4 N–H and O–H groups in total. The van der Waals surface area contributed by atoms with Gasteiger partial charge in [0.2, 0.25) is 0 Å². The molecule has 8 nitrogen and oxygen atoms in total. The van der Waals surface area contributed by atoms with Crippen molar-refractivity contribution >= 4 is 29.4 Å². The van der Waals surface area contributed by atoms with Crippen LogP contribution in [-0.4, -0.2) is 33.9 Å². The average Bonchev–Trinajstić information content (AvgIpc) is 2.67. The van der Waals surface area contributed by atoms with E-state index in [-0.39, 0.29) is 29.1 Å². The molecule has 1 heterocycles. The normalized spacial score (nSPS) is 14.4. The van der Waals surface area contributed by atoms with E-state index in [0.29, 0.717) is 0 Å². The van der Waals surface area contributed by atoms with Gasteiger partial charge in [0.1, 0.15) is 5.84 Å². The highest BCUT2D eigenvalue weighted by Crippen LogP contribution is 2.23. The minimum Gasteiger partial charge on any atom is -0.478 e. The molecule has 1 aromatic carbocycles. The van der Waals surface area contributed by atoms with E-state index in [0.717, 1.165) is 23.2 Å². The van der Waals surface area contributed by atoms with Crippen molar-refractivity contribution in [1.29, 1.82) is 0 Å². The Morgan fingerprint density at radius 3 is 2.05 bits per heavy atom. The van der Waals surface area contributed by atoms with Crippen molar-refractivity contribution in [2.75, 3.05) is 5.01 Å². The number of nitrogens with two attached hydrogens (primary N) is 1. The molecule has 0 atom stereocenters. The van der Waals surface area contributed by atoms with Gasteiger partial charge in [-0.05, 0) is 18.2 Å². The number of carbonyl (C=O) groups excluding carboxylic acids is 1. The molecule has 0 aromatic heterocycles. The summed E-state index contributed by atoms with van der Waals surface area (Å²) in [6, 6.07) is 3.32. The summed E-state index contributed by atoms with van der Waals surface area (Å²) >= 11 is 0. The van der Waals surface area contributed by atoms with E-state index in [9.17, 15) is 14.4 Å². The lowest BCUT2D eigenvalue weighted by Gasteiger charge is -2.13. The number of hydrogen-bond acceptors (Lipinski definition) is 5. The molecule has 1 aliphatic rings. The van der Waals surface area contributed by atoms with Gasteiger partial charge in [-0.25, -0.2) is 9.59 Å². The van der Waals surface area contributed by atoms with Gasteiger partial charge in [-0.3, -0.25) is 4.79 Å². The van der Waals surface area contributed by atoms with Gasteiger partial charge in [-0.2, -0.15) is 10.1 Å². The number of amidine groups is 1. The van der Waals surface area contributed by atoms with Crippen molar-refractivity contribution in [3.8, 4) is 0 Å². The molecule has 8 heteroatoms. The van der Waals surface area contributed by atoms with Crippen molar-refractivity contribution in [2.24, 2.45) is 10.8 Å². The van der Waals surface area contributed by atoms with Gasteiger partial charge in [-0.15, -0.1) is 0 Å². The Bertz CT molecular complexity index is 591. The Hall–Kier alpha value is -2.90. The first-order chi connectivity index (χ1) is 8.88. The van der Waals surface area contributed by atoms with Crippen LogP contribution in [0.1, 0.15) is 27.1 Å². The van der Waals surface area contributed by atoms with E-state index in [1.54, 1.807) is 0 Å². The number of hydrazone groups is 1. The summed E-state index contributed by atoms with van der Waals surface area (Å²) < 4.78 is 0. The summed E-state index contributed by atoms with van der Waals surface area (Å²) in [4.78, 5) is 33.4. The second-order valence-corrected chi connectivity index (χ2v) is 3.85. The van der Waals surface area contributed by atoms with Crippen LogP contribution in [0.2, 0.25) is 0 Å². The van der Waals surface area contributed by atoms with Gasteiger partial charge in [-0.1, -0.05) is 0 Å². The molecule has 19 heavy (non-hydrogen) atoms. The first kappa shape index (κ1) is 12.6. The fourth-order valence-electron chi connectivity index (χ4n) is 1.63. The van der Waals surface area contributed by atoms with Crippen LogP contribution in [0, 0.1) is 0 Å². The van der Waals surface area contributed by atoms with Crippen LogP contribution < -0.4 is 10.7 Å². The highest BCUT2D eigenvalue weighted by atomic mass is 16.4. The zero-order valence-corrected chi connectivity index (χ0v) is 9.53. The highest BCUT2D eigenvalue weighted by molar-refractivity contribution is 6.12. The molecule has 1 aliphatic heterocycles. The van der Waals surface area contributed by atoms with E-state index in [4.69, 9.17) is 15.9 Å². The number of carboxylic acid groups (broad SMARTS) is 2. The van der Waals surface area contributed by atoms with Gasteiger partial charge < -0.3 is 15.9 Å². The number of aromatic carboxylic acids is 2. The summed E-state index contributed by atoms with van der Waals surface area (Å²) in [5.74, 6) is -2.96. The number of rotatable bonds is 3. The van der Waals surface area contributed by atoms with Crippen LogP contribution in [0.3, 0.4) is 0 Å². The second-order valence-electron chi connectivity index (χ2n) is 3.85. The molecule has 0 saturated heterocycles. The number of nitrogens with zero attached hydrogens (tertiary/aromatic N) is 2. The van der Waals surface area contributed by atoms with E-state index < -0.39 is 17.8 Å². The molecule has 0 unspecified atom stereocenters. The molecule has 0 aliphatic carbocycles. The predicted octanol–water partition coefficient (Wildman–Crippen LogP) is 0.0919. The minimum atomic E-state index is -1.30. The number of benzene rings is 1. The van der Waals surface area contributed by atoms with Gasteiger partial charge in [0.05, 0.1) is 23.2 Å². The smallest absolute Gasteiger partial charge is 0.335 e. The maximum Gasteiger partial charge on any atom is 0.335 e. The van der Waals surface area contributed by atoms with Crippen LogP contribution in [0.15, 0.2) is 23.3 Å². The summed E-state index contributed by atoms with van der Waals surface area (Å²) in [5.41, 5.74) is 4.97. The van der Waals surface area contributed by atoms with E-state index in [2.05, 4.69) is 5.10 Å². The van der Waals surface area contributed by atoms with Gasteiger partial charge in [0.15, 0.2) is 0 Å². The highest BCUT2D eigenvalue weighted by Gasteiger charge is 2.25. The van der Waals surface area contributed by atoms with E-state index in [1.807, 2.05) is 0 Å². The van der Waals surface area contributed by atoms with Crippen molar-refractivity contribution < 1.29 is 24.6 Å². The second kappa shape index (κ2) is 4.41. The topological polar surface area (TPSA) is 133 Å². The summed E-state index contributed by atoms with van der Waals surface area (Å²) in [5, 5.41) is 22.5. The Morgan fingerprint density at radius 2 is 1.68 bits per heavy atom. The standard InChI is InChI=1S/C11H9N3O5/c12-8-4-9(15)14(13-8)7-2-5(10(16)17)1-6(3-7)11(18)19/h1-3H,4H2,(H2,12,13)(H,16,17)(H,18,19). The third-order valence-electron chi connectivity index (χ3n) is 2.45. The molecule has 98 valence electrons. The molecular formula is C11H9N3O5. The monoisotopic (exact) mass is 263 g/mol. The third kappa shape index (κ3) is 2.37. The molecule has 1 aromatic rings. The maximum absolute atomic E-state index is 11.6. The fourth-order valence-corrected chi connectivity index (χ4v) is 1.63. The minimum absolute atomic E-state index is 0.0581. The average molecular weight is 263 g/mol. The quantitative estimate of drug-likeness (QED) is 0.707. The first-order valence-electron chi connectivity index (χ1n) is 5.16. The Kier molecular flexibility index (Phi) is 2.91. The van der Waals surface area contributed by atoms with Crippen LogP contribution >= 0.6 is 0 Å². The zero-order chi connectivity index (χ0) is 14.2. The molecule has 0 saturated carbocycles. The number of amides is 1. The Labute approximate surface area is 106 Å². The Morgan fingerprint density at radius 1 is 1.16 bits per heavy atom. The lowest BCUT2D eigenvalue weighted by atomic mass is 10.1. The van der Waals surface area contributed by atoms with Crippen LogP contribution in [0.25, 0.3) is 0 Å². The first-order valence-corrected chi connectivity index (χ1v) is 5.16. The zero-order valence-electron chi connectivity index (χ0n) is 9.53. The molecule has 0 fully saturated rings. The van der Waals surface area contributed by atoms with Crippen LogP contribution in [0.4, 0.5) is 5.69 Å². The Balaban J connectivity index is 2.54. The SMILES string of the molecule is NC1=NN(c2cc(C(=O)O)cc(C(=O)O)c2)C(=O)C1. The molecule has 2 rings (SSSR count). The van der Waals surface area contributed by atoms with Crippen molar-refractivity contribution in [3.63, 3.8) is 0 Å². The largest absolute Gasteiger partial charge is 0.478 e. The number of anilines is 1. The van der Waals surface area contributed by atoms with Crippen LogP contribution in [0.5, 0.6) is 0 Å². The summed E-state index contributed by atoms with van der Waals surface area (Å²) in [6.45, 7) is 0. The van der Waals surface area contributed by atoms with E-state index >= 15 is 0 Å². The maximum atomic E-state index is 11.6. The van der Waals surface area contributed by atoms with Crippen LogP contribution in [-0.2, 0) is 4.79 Å². The molecule has 1 amide bonds. The molecule has 0 spiro atoms. The van der Waals surface area contributed by atoms with Gasteiger partial charge in [0, 0.05) is 0 Å². The molecule has 0 radical (unpaired) electrons. The summed E-state index contributed by atoms with van der Waals surface area (Å²) in [6.07, 6.45) is -0.0836. The van der Waals surface area contributed by atoms with E-state index in [1.165, 1.54) is 0 Å². The number of carbonyl (C=O) groups is 3. The number of carboxylic acids is 2. The predicted molar refractivity (Wildman–Crippen MR) is 64.1 cm³/mol.